The Kier molecular flexibility index (Phi) is 4.70. The fraction of sp³-hybridized carbons (Fsp3) is 0.267. The average molecular weight is 302 g/mol. The topological polar surface area (TPSA) is 62.7 Å². The van der Waals surface area contributed by atoms with Crippen molar-refractivity contribution in [1.82, 2.24) is 20.1 Å². The third-order valence-corrected chi connectivity index (χ3v) is 3.46. The number of aryl methyl sites for hydroxylation is 1. The maximum absolute atomic E-state index is 12.2. The molecule has 0 bridgehead atoms. The van der Waals surface area contributed by atoms with Crippen LogP contribution in [0.25, 0.3) is 0 Å². The SMILES string of the molecule is C=CCn1c([C@H](C)NC(=O)c2ccc(C)cc2)n[nH]c1=S. The van der Waals surface area contributed by atoms with Gasteiger partial charge < -0.3 is 5.32 Å². The molecular weight excluding hydrogens is 284 g/mol. The summed E-state index contributed by atoms with van der Waals surface area (Å²) in [5.41, 5.74) is 1.74. The summed E-state index contributed by atoms with van der Waals surface area (Å²) < 4.78 is 2.32. The van der Waals surface area contributed by atoms with Gasteiger partial charge in [-0.3, -0.25) is 14.5 Å². The molecular formula is C15H18N4OS. The second-order valence-corrected chi connectivity index (χ2v) is 5.23. The highest BCUT2D eigenvalue weighted by molar-refractivity contribution is 7.71. The fourth-order valence-corrected chi connectivity index (χ4v) is 2.23. The van der Waals surface area contributed by atoms with Crippen molar-refractivity contribution < 1.29 is 4.79 Å². The molecule has 5 nitrogen and oxygen atoms in total. The summed E-state index contributed by atoms with van der Waals surface area (Å²) in [6.45, 7) is 8.10. The number of benzene rings is 1. The zero-order valence-corrected chi connectivity index (χ0v) is 12.9. The number of nitrogens with one attached hydrogen (secondary N) is 2. The minimum atomic E-state index is -0.258. The normalized spacial score (nSPS) is 11.9. The van der Waals surface area contributed by atoms with Crippen LogP contribution in [0.2, 0.25) is 0 Å². The lowest BCUT2D eigenvalue weighted by atomic mass is 10.1. The van der Waals surface area contributed by atoms with Crippen LogP contribution < -0.4 is 5.32 Å². The maximum atomic E-state index is 12.2. The third-order valence-electron chi connectivity index (χ3n) is 3.15. The zero-order valence-electron chi connectivity index (χ0n) is 12.1. The first-order valence-corrected chi connectivity index (χ1v) is 7.07. The number of carbonyl (C=O) groups is 1. The summed E-state index contributed by atoms with van der Waals surface area (Å²) in [5, 5.41) is 9.84. The lowest BCUT2D eigenvalue weighted by molar-refractivity contribution is 0.0937. The zero-order chi connectivity index (χ0) is 15.4. The molecule has 0 fully saturated rings. The molecule has 110 valence electrons. The Morgan fingerprint density at radius 3 is 2.81 bits per heavy atom. The van der Waals surface area contributed by atoms with E-state index >= 15 is 0 Å². The fourth-order valence-electron chi connectivity index (χ4n) is 2.02. The van der Waals surface area contributed by atoms with Crippen LogP contribution in [-0.4, -0.2) is 20.7 Å². The van der Waals surface area contributed by atoms with Crippen LogP contribution in [0.1, 0.15) is 34.7 Å². The van der Waals surface area contributed by atoms with Gasteiger partial charge >= 0.3 is 0 Å². The lowest BCUT2D eigenvalue weighted by Crippen LogP contribution is -2.28. The number of nitrogens with zero attached hydrogens (tertiary/aromatic N) is 2. The van der Waals surface area contributed by atoms with Gasteiger partial charge in [-0.15, -0.1) is 6.58 Å². The molecule has 21 heavy (non-hydrogen) atoms. The smallest absolute Gasteiger partial charge is 0.251 e. The Bertz CT molecular complexity index is 699. The molecule has 0 radical (unpaired) electrons. The van der Waals surface area contributed by atoms with E-state index in [2.05, 4.69) is 22.1 Å². The number of hydrogen-bond donors (Lipinski definition) is 2. The molecule has 0 unspecified atom stereocenters. The van der Waals surface area contributed by atoms with Gasteiger partial charge in [0.2, 0.25) is 0 Å². The Morgan fingerprint density at radius 1 is 1.52 bits per heavy atom. The van der Waals surface area contributed by atoms with Crippen molar-refractivity contribution >= 4 is 18.1 Å². The van der Waals surface area contributed by atoms with Crippen molar-refractivity contribution in [1.29, 1.82) is 0 Å². The highest BCUT2D eigenvalue weighted by Gasteiger charge is 2.16. The monoisotopic (exact) mass is 302 g/mol. The minimum absolute atomic E-state index is 0.137. The quantitative estimate of drug-likeness (QED) is 0.659. The molecule has 1 amide bonds. The molecule has 0 spiro atoms. The Morgan fingerprint density at radius 2 is 2.19 bits per heavy atom. The summed E-state index contributed by atoms with van der Waals surface area (Å²) >= 11 is 5.16. The number of aromatic nitrogens is 3. The van der Waals surface area contributed by atoms with Crippen molar-refractivity contribution in [2.45, 2.75) is 26.4 Å². The molecule has 0 aliphatic carbocycles. The van der Waals surface area contributed by atoms with Gasteiger partial charge in [-0.1, -0.05) is 23.8 Å². The Balaban J connectivity index is 2.16. The van der Waals surface area contributed by atoms with Crippen LogP contribution in [0.15, 0.2) is 36.9 Å². The second-order valence-electron chi connectivity index (χ2n) is 4.85. The van der Waals surface area contributed by atoms with E-state index in [1.807, 2.05) is 30.5 Å². The summed E-state index contributed by atoms with van der Waals surface area (Å²) in [6.07, 6.45) is 1.74. The molecule has 1 aromatic heterocycles. The van der Waals surface area contributed by atoms with Crippen molar-refractivity contribution in [2.75, 3.05) is 0 Å². The van der Waals surface area contributed by atoms with Crippen molar-refractivity contribution in [3.63, 3.8) is 0 Å². The number of aromatic amines is 1. The standard InChI is InChI=1S/C15H18N4OS/c1-4-9-19-13(17-18-15(19)21)11(3)16-14(20)12-7-5-10(2)6-8-12/h4-8,11H,1,9H2,2-3H3,(H,16,20)(H,18,21)/t11-/m0/s1. The number of hydrogen-bond acceptors (Lipinski definition) is 3. The molecule has 0 saturated heterocycles. The van der Waals surface area contributed by atoms with Crippen LogP contribution in [-0.2, 0) is 6.54 Å². The van der Waals surface area contributed by atoms with Crippen molar-refractivity contribution in [2.24, 2.45) is 0 Å². The van der Waals surface area contributed by atoms with Crippen LogP contribution in [0, 0.1) is 11.7 Å². The molecule has 1 heterocycles. The molecule has 2 aromatic rings. The second kappa shape index (κ2) is 6.49. The van der Waals surface area contributed by atoms with Gasteiger partial charge in [0.05, 0.1) is 6.04 Å². The molecule has 0 aliphatic rings. The molecule has 1 aromatic carbocycles. The van der Waals surface area contributed by atoms with E-state index in [0.29, 0.717) is 22.7 Å². The molecule has 1 atom stereocenters. The van der Waals surface area contributed by atoms with Crippen LogP contribution >= 0.6 is 12.2 Å². The number of amides is 1. The molecule has 2 N–H and O–H groups in total. The number of carbonyl (C=O) groups excluding carboxylic acids is 1. The minimum Gasteiger partial charge on any atom is -0.342 e. The van der Waals surface area contributed by atoms with Crippen LogP contribution in [0.3, 0.4) is 0 Å². The predicted octanol–water partition coefficient (Wildman–Crippen LogP) is 2.93. The maximum Gasteiger partial charge on any atom is 0.251 e. The molecule has 6 heteroatoms. The number of H-pyrrole nitrogens is 1. The van der Waals surface area contributed by atoms with E-state index in [9.17, 15) is 4.79 Å². The summed E-state index contributed by atoms with van der Waals surface area (Å²) in [6, 6.07) is 7.17. The van der Waals surface area contributed by atoms with E-state index < -0.39 is 0 Å². The largest absolute Gasteiger partial charge is 0.342 e. The van der Waals surface area contributed by atoms with Gasteiger partial charge in [-0.05, 0) is 38.2 Å². The number of rotatable bonds is 5. The van der Waals surface area contributed by atoms with E-state index in [1.165, 1.54) is 0 Å². The van der Waals surface area contributed by atoms with Gasteiger partial charge in [-0.2, -0.15) is 5.10 Å². The van der Waals surface area contributed by atoms with Gasteiger partial charge in [0.1, 0.15) is 0 Å². The van der Waals surface area contributed by atoms with Gasteiger partial charge in [0.25, 0.3) is 5.91 Å². The predicted molar refractivity (Wildman–Crippen MR) is 84.7 cm³/mol. The first-order valence-electron chi connectivity index (χ1n) is 6.66. The highest BCUT2D eigenvalue weighted by Crippen LogP contribution is 2.12. The first-order chi connectivity index (χ1) is 10.0. The van der Waals surface area contributed by atoms with E-state index in [4.69, 9.17) is 12.2 Å². The van der Waals surface area contributed by atoms with Gasteiger partial charge in [0, 0.05) is 12.1 Å². The highest BCUT2D eigenvalue weighted by atomic mass is 32.1. The van der Waals surface area contributed by atoms with Crippen LogP contribution in [0.5, 0.6) is 0 Å². The van der Waals surface area contributed by atoms with Crippen LogP contribution in [0.4, 0.5) is 0 Å². The Hall–Kier alpha value is -2.21. The first kappa shape index (κ1) is 15.2. The third kappa shape index (κ3) is 3.46. The van der Waals surface area contributed by atoms with Gasteiger partial charge in [0.15, 0.2) is 10.6 Å². The van der Waals surface area contributed by atoms with Gasteiger partial charge in [-0.25, -0.2) is 0 Å². The summed E-state index contributed by atoms with van der Waals surface area (Å²) in [7, 11) is 0. The lowest BCUT2D eigenvalue weighted by Gasteiger charge is -2.14. The molecule has 2 rings (SSSR count). The Labute approximate surface area is 128 Å². The van der Waals surface area contributed by atoms with E-state index in [-0.39, 0.29) is 11.9 Å². The van der Waals surface area contributed by atoms with E-state index in [1.54, 1.807) is 18.2 Å². The van der Waals surface area contributed by atoms with Crippen molar-refractivity contribution in [3.05, 3.63) is 58.6 Å². The number of allylic oxidation sites excluding steroid dienone is 1. The summed E-state index contributed by atoms with van der Waals surface area (Å²) in [4.78, 5) is 12.2. The average Bonchev–Trinajstić information content (AvgIpc) is 2.81. The molecule has 0 saturated carbocycles. The van der Waals surface area contributed by atoms with Crippen molar-refractivity contribution in [3.8, 4) is 0 Å². The summed E-state index contributed by atoms with van der Waals surface area (Å²) in [5.74, 6) is 0.543. The molecule has 0 aliphatic heterocycles. The van der Waals surface area contributed by atoms with E-state index in [0.717, 1.165) is 5.56 Å².